The van der Waals surface area contributed by atoms with Crippen molar-refractivity contribution in [2.45, 2.75) is 11.8 Å². The molecule has 0 saturated carbocycles. The Kier molecular flexibility index (Phi) is 6.46. The Balaban J connectivity index is 1.61. The lowest BCUT2D eigenvalue weighted by molar-refractivity contribution is 0.0734. The van der Waals surface area contributed by atoms with Crippen LogP contribution in [0.4, 0.5) is 0 Å². The molecule has 0 saturated heterocycles. The Hall–Kier alpha value is -2.97. The third-order valence-corrected chi connectivity index (χ3v) is 5.60. The predicted octanol–water partition coefficient (Wildman–Crippen LogP) is 4.29. The molecule has 0 bridgehead atoms. The minimum Gasteiger partial charge on any atom is -0.423 e. The molecule has 0 aliphatic rings. The third-order valence-electron chi connectivity index (χ3n) is 3.87. The van der Waals surface area contributed by atoms with Crippen LogP contribution in [0.15, 0.2) is 87.3 Å². The van der Waals surface area contributed by atoms with Crippen LogP contribution in [-0.4, -0.2) is 20.6 Å². The van der Waals surface area contributed by atoms with Gasteiger partial charge in [0.2, 0.25) is 0 Å². The van der Waals surface area contributed by atoms with E-state index in [2.05, 4.69) is 25.9 Å². The van der Waals surface area contributed by atoms with Crippen molar-refractivity contribution < 1.29 is 17.9 Å². The monoisotopic (exact) mass is 472 g/mol. The zero-order valence-corrected chi connectivity index (χ0v) is 17.8. The first-order valence-corrected chi connectivity index (χ1v) is 10.8. The Morgan fingerprint density at radius 3 is 2.38 bits per heavy atom. The zero-order valence-electron chi connectivity index (χ0n) is 15.4. The van der Waals surface area contributed by atoms with Crippen LogP contribution in [0.3, 0.4) is 0 Å². The van der Waals surface area contributed by atoms with E-state index in [0.717, 1.165) is 10.0 Å². The Labute approximate surface area is 177 Å². The number of hydrogen-bond acceptors (Lipinski definition) is 5. The number of hydrazone groups is 1. The summed E-state index contributed by atoms with van der Waals surface area (Å²) in [6.07, 6.45) is 1.37. The van der Waals surface area contributed by atoms with Gasteiger partial charge in [-0.25, -0.2) is 9.63 Å². The highest BCUT2D eigenvalue weighted by molar-refractivity contribution is 9.10. The van der Waals surface area contributed by atoms with E-state index in [9.17, 15) is 13.2 Å². The number of carbonyl (C=O) groups excluding carboxylic acids is 1. The van der Waals surface area contributed by atoms with Crippen LogP contribution < -0.4 is 9.57 Å². The predicted molar refractivity (Wildman–Crippen MR) is 115 cm³/mol. The smallest absolute Gasteiger partial charge is 0.343 e. The van der Waals surface area contributed by atoms with Gasteiger partial charge in [0.15, 0.2) is 0 Å². The average Bonchev–Trinajstić information content (AvgIpc) is 2.69. The summed E-state index contributed by atoms with van der Waals surface area (Å²) >= 11 is 3.31. The molecule has 0 heterocycles. The van der Waals surface area contributed by atoms with E-state index in [-0.39, 0.29) is 4.90 Å². The van der Waals surface area contributed by atoms with E-state index < -0.39 is 16.0 Å². The number of ether oxygens (including phenoxy) is 1. The highest BCUT2D eigenvalue weighted by Gasteiger charge is 2.12. The van der Waals surface area contributed by atoms with Gasteiger partial charge in [-0.05, 0) is 67.1 Å². The molecule has 1 N–H and O–H groups in total. The molecule has 0 atom stereocenters. The molecule has 0 spiro atoms. The van der Waals surface area contributed by atoms with Crippen LogP contribution in [0, 0.1) is 6.92 Å². The molecule has 0 amide bonds. The van der Waals surface area contributed by atoms with Crippen LogP contribution in [0.25, 0.3) is 0 Å². The summed E-state index contributed by atoms with van der Waals surface area (Å²) in [5, 5.41) is 3.78. The van der Waals surface area contributed by atoms with Gasteiger partial charge in [0, 0.05) is 4.47 Å². The first-order valence-electron chi connectivity index (χ1n) is 8.53. The van der Waals surface area contributed by atoms with Crippen molar-refractivity contribution in [3.63, 3.8) is 0 Å². The summed E-state index contributed by atoms with van der Waals surface area (Å²) < 4.78 is 30.5. The summed E-state index contributed by atoms with van der Waals surface area (Å²) in [5.41, 5.74) is 2.03. The van der Waals surface area contributed by atoms with Gasteiger partial charge in [-0.3, -0.25) is 0 Å². The highest BCUT2D eigenvalue weighted by atomic mass is 79.9. The van der Waals surface area contributed by atoms with E-state index >= 15 is 0 Å². The molecule has 8 heteroatoms. The number of nitrogens with zero attached hydrogens (tertiary/aromatic N) is 1. The average molecular weight is 473 g/mol. The number of benzene rings is 3. The van der Waals surface area contributed by atoms with Crippen LogP contribution >= 0.6 is 15.9 Å². The van der Waals surface area contributed by atoms with Gasteiger partial charge in [-0.15, -0.1) is 0 Å². The van der Waals surface area contributed by atoms with E-state index in [1.807, 2.05) is 13.0 Å². The second-order valence-corrected chi connectivity index (χ2v) is 8.71. The molecule has 0 radical (unpaired) electrons. The minimum absolute atomic E-state index is 0.134. The molecular formula is C21H17BrN2O4S. The van der Waals surface area contributed by atoms with E-state index in [1.165, 1.54) is 18.3 Å². The van der Waals surface area contributed by atoms with Crippen LogP contribution in [-0.2, 0) is 10.0 Å². The number of nitrogens with one attached hydrogen (secondary N) is 1. The lowest BCUT2D eigenvalue weighted by Gasteiger charge is -2.05. The number of hydrogen-bond donors (Lipinski definition) is 1. The number of aryl methyl sites for hydroxylation is 1. The van der Waals surface area contributed by atoms with E-state index in [4.69, 9.17) is 4.74 Å². The molecule has 0 aliphatic heterocycles. The van der Waals surface area contributed by atoms with Gasteiger partial charge in [0.25, 0.3) is 10.0 Å². The van der Waals surface area contributed by atoms with Crippen molar-refractivity contribution in [1.82, 2.24) is 4.83 Å². The fourth-order valence-corrected chi connectivity index (χ4v) is 3.53. The lowest BCUT2D eigenvalue weighted by Crippen LogP contribution is -2.18. The summed E-state index contributed by atoms with van der Waals surface area (Å²) in [6, 6.07) is 19.9. The Morgan fingerprint density at radius 2 is 1.72 bits per heavy atom. The van der Waals surface area contributed by atoms with Crippen molar-refractivity contribution in [2.24, 2.45) is 5.10 Å². The fraction of sp³-hybridized carbons (Fsp3) is 0.0476. The van der Waals surface area contributed by atoms with Gasteiger partial charge in [0.05, 0.1) is 16.7 Å². The van der Waals surface area contributed by atoms with Crippen LogP contribution in [0.5, 0.6) is 5.75 Å². The number of rotatable bonds is 6. The molecule has 29 heavy (non-hydrogen) atoms. The van der Waals surface area contributed by atoms with Crippen molar-refractivity contribution in [3.05, 3.63) is 94.0 Å². The van der Waals surface area contributed by atoms with Gasteiger partial charge in [-0.1, -0.05) is 39.7 Å². The molecule has 0 aliphatic carbocycles. The summed E-state index contributed by atoms with van der Waals surface area (Å²) in [4.78, 5) is 14.4. The maximum Gasteiger partial charge on any atom is 0.343 e. The van der Waals surface area contributed by atoms with Crippen molar-refractivity contribution in [1.29, 1.82) is 0 Å². The van der Waals surface area contributed by atoms with E-state index in [0.29, 0.717) is 16.9 Å². The number of halogens is 1. The summed E-state index contributed by atoms with van der Waals surface area (Å²) in [5.74, 6) is -0.106. The van der Waals surface area contributed by atoms with Gasteiger partial charge in [0.1, 0.15) is 5.75 Å². The normalized spacial score (nSPS) is 11.4. The second kappa shape index (κ2) is 9.02. The summed E-state index contributed by atoms with van der Waals surface area (Å²) in [7, 11) is -3.73. The van der Waals surface area contributed by atoms with Crippen molar-refractivity contribution in [2.75, 3.05) is 0 Å². The number of carbonyl (C=O) groups is 1. The molecule has 3 aromatic carbocycles. The number of sulfonamides is 1. The molecule has 0 aromatic heterocycles. The molecular weight excluding hydrogens is 456 g/mol. The molecule has 0 unspecified atom stereocenters. The topological polar surface area (TPSA) is 84.8 Å². The van der Waals surface area contributed by atoms with Crippen molar-refractivity contribution >= 4 is 38.1 Å². The maximum atomic E-state index is 12.2. The van der Waals surface area contributed by atoms with Gasteiger partial charge >= 0.3 is 5.97 Å². The lowest BCUT2D eigenvalue weighted by atomic mass is 10.2. The Bertz CT molecular complexity index is 1140. The van der Waals surface area contributed by atoms with E-state index in [1.54, 1.807) is 54.6 Å². The molecule has 148 valence electrons. The number of esters is 1. The maximum absolute atomic E-state index is 12.2. The SMILES string of the molecule is Cc1ccc(S(=O)(=O)N/N=C/c2ccc(OC(=O)c3cccc(Br)c3)cc2)cc1. The van der Waals surface area contributed by atoms with Gasteiger partial charge < -0.3 is 4.74 Å². The second-order valence-electron chi connectivity index (χ2n) is 6.13. The molecule has 3 aromatic rings. The molecule has 6 nitrogen and oxygen atoms in total. The third kappa shape index (κ3) is 5.75. The largest absolute Gasteiger partial charge is 0.423 e. The molecule has 3 rings (SSSR count). The van der Waals surface area contributed by atoms with Crippen LogP contribution in [0.2, 0.25) is 0 Å². The standard InChI is InChI=1S/C21H17BrN2O4S/c1-15-5-11-20(12-6-15)29(26,27)24-23-14-16-7-9-19(10-8-16)28-21(25)17-3-2-4-18(22)13-17/h2-14,24H,1H3/b23-14+. The fourth-order valence-electron chi connectivity index (χ4n) is 2.34. The quantitative estimate of drug-likeness (QED) is 0.251. The Morgan fingerprint density at radius 1 is 1.03 bits per heavy atom. The molecule has 0 fully saturated rings. The first-order chi connectivity index (χ1) is 13.8. The van der Waals surface area contributed by atoms with Crippen molar-refractivity contribution in [3.8, 4) is 5.75 Å². The van der Waals surface area contributed by atoms with Gasteiger partial charge in [-0.2, -0.15) is 13.5 Å². The minimum atomic E-state index is -3.73. The summed E-state index contributed by atoms with van der Waals surface area (Å²) in [6.45, 7) is 1.88. The zero-order chi connectivity index (χ0) is 20.9. The van der Waals surface area contributed by atoms with Crippen LogP contribution in [0.1, 0.15) is 21.5 Å². The highest BCUT2D eigenvalue weighted by Crippen LogP contribution is 2.16. The first kappa shape index (κ1) is 20.8.